The van der Waals surface area contributed by atoms with Crippen molar-refractivity contribution in [3.05, 3.63) is 29.3 Å². The van der Waals surface area contributed by atoms with E-state index < -0.39 is 0 Å². The molecule has 0 fully saturated rings. The van der Waals surface area contributed by atoms with E-state index in [0.29, 0.717) is 6.04 Å². The van der Waals surface area contributed by atoms with Crippen molar-refractivity contribution in [3.8, 4) is 5.75 Å². The number of likely N-dealkylation sites (N-methyl/N-ethyl adjacent to an activating group) is 1. The predicted molar refractivity (Wildman–Crippen MR) is 80.0 cm³/mol. The number of benzene rings is 1. The Morgan fingerprint density at radius 2 is 2.05 bits per heavy atom. The van der Waals surface area contributed by atoms with E-state index in [1.807, 2.05) is 0 Å². The fourth-order valence-electron chi connectivity index (χ4n) is 2.37. The molecule has 0 aliphatic rings. The number of ether oxygens (including phenoxy) is 2. The van der Waals surface area contributed by atoms with Gasteiger partial charge in [-0.05, 0) is 44.4 Å². The summed E-state index contributed by atoms with van der Waals surface area (Å²) in [5, 5.41) is 3.55. The molecule has 0 aliphatic heterocycles. The number of hydrogen-bond donors (Lipinski definition) is 1. The third kappa shape index (κ3) is 5.62. The number of nitrogens with one attached hydrogen (secondary N) is 1. The Morgan fingerprint density at radius 1 is 1.26 bits per heavy atom. The van der Waals surface area contributed by atoms with Crippen LogP contribution in [0, 0.1) is 6.92 Å². The molecule has 3 nitrogen and oxygen atoms in total. The molecule has 1 rings (SSSR count). The maximum Gasteiger partial charge on any atom is 0.122 e. The van der Waals surface area contributed by atoms with Crippen LogP contribution in [0.2, 0.25) is 0 Å². The molecule has 0 aliphatic carbocycles. The zero-order chi connectivity index (χ0) is 14.1. The van der Waals surface area contributed by atoms with Gasteiger partial charge in [0.1, 0.15) is 5.75 Å². The molecule has 0 saturated carbocycles. The maximum absolute atomic E-state index is 5.45. The molecule has 1 unspecified atom stereocenters. The zero-order valence-electron chi connectivity index (χ0n) is 12.7. The van der Waals surface area contributed by atoms with Crippen molar-refractivity contribution in [1.82, 2.24) is 5.32 Å². The van der Waals surface area contributed by atoms with Crippen LogP contribution in [-0.4, -0.2) is 33.4 Å². The summed E-state index contributed by atoms with van der Waals surface area (Å²) in [4.78, 5) is 0. The second kappa shape index (κ2) is 8.94. The summed E-state index contributed by atoms with van der Waals surface area (Å²) in [7, 11) is 3.49. The van der Waals surface area contributed by atoms with Crippen LogP contribution in [-0.2, 0) is 11.2 Å². The van der Waals surface area contributed by atoms with Gasteiger partial charge in [-0.1, -0.05) is 24.6 Å². The van der Waals surface area contributed by atoms with Gasteiger partial charge in [-0.15, -0.1) is 0 Å². The molecule has 0 heterocycles. The van der Waals surface area contributed by atoms with Crippen molar-refractivity contribution in [3.63, 3.8) is 0 Å². The van der Waals surface area contributed by atoms with Crippen molar-refractivity contribution < 1.29 is 9.47 Å². The summed E-state index contributed by atoms with van der Waals surface area (Å²) in [6.45, 7) is 6.09. The van der Waals surface area contributed by atoms with Crippen LogP contribution in [0.1, 0.15) is 30.9 Å². The predicted octanol–water partition coefficient (Wildman–Crippen LogP) is 2.95. The number of methoxy groups -OCH3 is 2. The monoisotopic (exact) mass is 265 g/mol. The van der Waals surface area contributed by atoms with E-state index in [2.05, 4.69) is 37.4 Å². The third-order valence-electron chi connectivity index (χ3n) is 3.30. The zero-order valence-corrected chi connectivity index (χ0v) is 12.7. The Hall–Kier alpha value is -1.06. The molecule has 19 heavy (non-hydrogen) atoms. The van der Waals surface area contributed by atoms with E-state index in [1.165, 1.54) is 11.1 Å². The highest BCUT2D eigenvalue weighted by atomic mass is 16.5. The molecule has 108 valence electrons. The van der Waals surface area contributed by atoms with Crippen molar-refractivity contribution in [2.24, 2.45) is 0 Å². The molecule has 0 radical (unpaired) electrons. The Morgan fingerprint density at radius 3 is 2.68 bits per heavy atom. The Bertz CT molecular complexity index is 366. The lowest BCUT2D eigenvalue weighted by Gasteiger charge is -2.19. The fourth-order valence-corrected chi connectivity index (χ4v) is 2.37. The molecule has 0 aromatic heterocycles. The van der Waals surface area contributed by atoms with Gasteiger partial charge >= 0.3 is 0 Å². The van der Waals surface area contributed by atoms with Gasteiger partial charge in [0.05, 0.1) is 7.11 Å². The van der Waals surface area contributed by atoms with Crippen LogP contribution >= 0.6 is 0 Å². The minimum Gasteiger partial charge on any atom is -0.496 e. The van der Waals surface area contributed by atoms with Crippen LogP contribution < -0.4 is 10.1 Å². The SMILES string of the molecule is CCNC(CCCOC)Cc1cc(C)ccc1OC. The second-order valence-electron chi connectivity index (χ2n) is 4.91. The molecular weight excluding hydrogens is 238 g/mol. The van der Waals surface area contributed by atoms with E-state index in [-0.39, 0.29) is 0 Å². The maximum atomic E-state index is 5.45. The third-order valence-corrected chi connectivity index (χ3v) is 3.30. The van der Waals surface area contributed by atoms with Gasteiger partial charge in [0.15, 0.2) is 0 Å². The molecule has 0 saturated heterocycles. The first-order valence-corrected chi connectivity index (χ1v) is 7.07. The van der Waals surface area contributed by atoms with E-state index in [9.17, 15) is 0 Å². The van der Waals surface area contributed by atoms with Gasteiger partial charge in [0.25, 0.3) is 0 Å². The van der Waals surface area contributed by atoms with Gasteiger partial charge in [0.2, 0.25) is 0 Å². The second-order valence-corrected chi connectivity index (χ2v) is 4.91. The lowest BCUT2D eigenvalue weighted by molar-refractivity contribution is 0.188. The molecule has 0 spiro atoms. The number of rotatable bonds is 9. The Labute approximate surface area is 117 Å². The first-order chi connectivity index (χ1) is 9.21. The minimum atomic E-state index is 0.482. The van der Waals surface area contributed by atoms with Crippen molar-refractivity contribution >= 4 is 0 Å². The smallest absolute Gasteiger partial charge is 0.122 e. The highest BCUT2D eigenvalue weighted by Crippen LogP contribution is 2.22. The molecule has 0 amide bonds. The molecule has 1 N–H and O–H groups in total. The first-order valence-electron chi connectivity index (χ1n) is 7.07. The summed E-state index contributed by atoms with van der Waals surface area (Å²) in [5.41, 5.74) is 2.56. The van der Waals surface area contributed by atoms with Crippen molar-refractivity contribution in [1.29, 1.82) is 0 Å². The van der Waals surface area contributed by atoms with Crippen LogP contribution in [0.25, 0.3) is 0 Å². The Balaban J connectivity index is 2.68. The molecule has 1 aromatic carbocycles. The first kappa shape index (κ1) is 16.0. The van der Waals surface area contributed by atoms with Crippen LogP contribution in [0.15, 0.2) is 18.2 Å². The molecule has 1 aromatic rings. The standard InChI is InChI=1S/C16H27NO2/c1-5-17-15(7-6-10-18-3)12-14-11-13(2)8-9-16(14)19-4/h8-9,11,15,17H,5-7,10,12H2,1-4H3. The van der Waals surface area contributed by atoms with Crippen molar-refractivity contribution in [2.45, 2.75) is 39.2 Å². The molecule has 3 heteroatoms. The quantitative estimate of drug-likeness (QED) is 0.696. The fraction of sp³-hybridized carbons (Fsp3) is 0.625. The summed E-state index contributed by atoms with van der Waals surface area (Å²) in [5.74, 6) is 0.986. The molecular formula is C16H27NO2. The van der Waals surface area contributed by atoms with Gasteiger partial charge < -0.3 is 14.8 Å². The van der Waals surface area contributed by atoms with Gasteiger partial charge in [-0.3, -0.25) is 0 Å². The topological polar surface area (TPSA) is 30.5 Å². The largest absolute Gasteiger partial charge is 0.496 e. The van der Waals surface area contributed by atoms with Crippen LogP contribution in [0.3, 0.4) is 0 Å². The van der Waals surface area contributed by atoms with Crippen LogP contribution in [0.4, 0.5) is 0 Å². The average Bonchev–Trinajstić information content (AvgIpc) is 2.39. The summed E-state index contributed by atoms with van der Waals surface area (Å²) in [6, 6.07) is 6.86. The Kier molecular flexibility index (Phi) is 7.53. The lowest BCUT2D eigenvalue weighted by atomic mass is 9.99. The average molecular weight is 265 g/mol. The van der Waals surface area contributed by atoms with Crippen LogP contribution in [0.5, 0.6) is 5.75 Å². The van der Waals surface area contributed by atoms with E-state index in [1.54, 1.807) is 14.2 Å². The lowest BCUT2D eigenvalue weighted by Crippen LogP contribution is -2.31. The molecule has 0 bridgehead atoms. The summed E-state index contributed by atoms with van der Waals surface area (Å²) >= 11 is 0. The van der Waals surface area contributed by atoms with Crippen molar-refractivity contribution in [2.75, 3.05) is 27.4 Å². The summed E-state index contributed by atoms with van der Waals surface area (Å²) in [6.07, 6.45) is 3.21. The van der Waals surface area contributed by atoms with E-state index in [4.69, 9.17) is 9.47 Å². The number of aryl methyl sites for hydroxylation is 1. The van der Waals surface area contributed by atoms with Gasteiger partial charge in [0, 0.05) is 19.8 Å². The van der Waals surface area contributed by atoms with E-state index in [0.717, 1.165) is 38.2 Å². The summed E-state index contributed by atoms with van der Waals surface area (Å²) < 4.78 is 10.6. The normalized spacial score (nSPS) is 12.4. The number of hydrogen-bond acceptors (Lipinski definition) is 3. The van der Waals surface area contributed by atoms with E-state index >= 15 is 0 Å². The molecule has 1 atom stereocenters. The van der Waals surface area contributed by atoms with Gasteiger partial charge in [-0.25, -0.2) is 0 Å². The van der Waals surface area contributed by atoms with Gasteiger partial charge in [-0.2, -0.15) is 0 Å². The highest BCUT2D eigenvalue weighted by Gasteiger charge is 2.12. The minimum absolute atomic E-state index is 0.482. The highest BCUT2D eigenvalue weighted by molar-refractivity contribution is 5.37.